The van der Waals surface area contributed by atoms with Crippen LogP contribution in [0.25, 0.3) is 0 Å². The van der Waals surface area contributed by atoms with Crippen LogP contribution in [0.1, 0.15) is 50.8 Å². The number of guanidine groups is 1. The fraction of sp³-hybridized carbons (Fsp3) is 0.684. The molecule has 0 radical (unpaired) electrons. The first-order chi connectivity index (χ1) is 11.7. The lowest BCUT2D eigenvalue weighted by atomic mass is 10.0. The fourth-order valence-corrected chi connectivity index (χ4v) is 3.03. The van der Waals surface area contributed by atoms with Crippen molar-refractivity contribution in [2.75, 3.05) is 26.2 Å². The number of likely N-dealkylation sites (tertiary alicyclic amines) is 1. The first-order valence-electron chi connectivity index (χ1n) is 9.40. The van der Waals surface area contributed by atoms with E-state index >= 15 is 0 Å². The van der Waals surface area contributed by atoms with Gasteiger partial charge in [0.05, 0.1) is 12.2 Å². The number of nitrogens with zero attached hydrogens (tertiary/aromatic N) is 3. The second-order valence-electron chi connectivity index (χ2n) is 6.58. The summed E-state index contributed by atoms with van der Waals surface area (Å²) >= 11 is 0. The van der Waals surface area contributed by atoms with E-state index in [9.17, 15) is 0 Å². The fourth-order valence-electron chi connectivity index (χ4n) is 3.03. The van der Waals surface area contributed by atoms with Gasteiger partial charge in [0.2, 0.25) is 0 Å². The van der Waals surface area contributed by atoms with Gasteiger partial charge < -0.3 is 15.5 Å². The smallest absolute Gasteiger partial charge is 0.191 e. The molecule has 0 aliphatic carbocycles. The lowest BCUT2D eigenvalue weighted by molar-refractivity contribution is 0.203. The zero-order valence-electron chi connectivity index (χ0n) is 15.5. The molecule has 1 saturated heterocycles. The van der Waals surface area contributed by atoms with Crippen molar-refractivity contribution >= 4 is 5.96 Å². The molecule has 0 unspecified atom stereocenters. The van der Waals surface area contributed by atoms with Crippen LogP contribution in [0.4, 0.5) is 0 Å². The van der Waals surface area contributed by atoms with Crippen LogP contribution in [0.2, 0.25) is 0 Å². The molecular weight excluding hydrogens is 298 g/mol. The van der Waals surface area contributed by atoms with E-state index in [4.69, 9.17) is 4.99 Å². The van der Waals surface area contributed by atoms with Crippen molar-refractivity contribution in [3.63, 3.8) is 0 Å². The average Bonchev–Trinajstić information content (AvgIpc) is 2.60. The molecule has 24 heavy (non-hydrogen) atoms. The van der Waals surface area contributed by atoms with Crippen molar-refractivity contribution < 1.29 is 0 Å². The molecule has 134 valence electrons. The molecule has 2 rings (SSSR count). The molecule has 0 aromatic carbocycles. The third-order valence-corrected chi connectivity index (χ3v) is 4.61. The van der Waals surface area contributed by atoms with Crippen molar-refractivity contribution in [3.05, 3.63) is 29.6 Å². The van der Waals surface area contributed by atoms with Crippen molar-refractivity contribution in [1.29, 1.82) is 0 Å². The molecule has 0 amide bonds. The summed E-state index contributed by atoms with van der Waals surface area (Å²) in [5.41, 5.74) is 2.24. The summed E-state index contributed by atoms with van der Waals surface area (Å²) in [7, 11) is 0. The average molecular weight is 332 g/mol. The van der Waals surface area contributed by atoms with Crippen molar-refractivity contribution in [2.45, 2.75) is 59.0 Å². The number of unbranched alkanes of at least 4 members (excludes halogenated alkanes) is 1. The Hall–Kier alpha value is -1.62. The van der Waals surface area contributed by atoms with Crippen LogP contribution in [0, 0.1) is 6.92 Å². The molecule has 1 aliphatic heterocycles. The first kappa shape index (κ1) is 18.7. The minimum absolute atomic E-state index is 0.519. The van der Waals surface area contributed by atoms with E-state index < -0.39 is 0 Å². The summed E-state index contributed by atoms with van der Waals surface area (Å²) < 4.78 is 0. The van der Waals surface area contributed by atoms with Crippen LogP contribution < -0.4 is 10.6 Å². The molecule has 1 aromatic heterocycles. The molecule has 1 aromatic rings. The highest BCUT2D eigenvalue weighted by Gasteiger charge is 2.19. The molecule has 0 bridgehead atoms. The maximum absolute atomic E-state index is 4.73. The van der Waals surface area contributed by atoms with Gasteiger partial charge in [0.1, 0.15) is 0 Å². The molecule has 2 N–H and O–H groups in total. The second-order valence-corrected chi connectivity index (χ2v) is 6.58. The largest absolute Gasteiger partial charge is 0.357 e. The number of rotatable bonds is 7. The zero-order chi connectivity index (χ0) is 17.2. The van der Waals surface area contributed by atoms with Gasteiger partial charge in [-0.3, -0.25) is 4.98 Å². The highest BCUT2D eigenvalue weighted by atomic mass is 15.2. The van der Waals surface area contributed by atoms with Crippen LogP contribution in [0.3, 0.4) is 0 Å². The van der Waals surface area contributed by atoms with Crippen LogP contribution in [-0.4, -0.2) is 48.1 Å². The highest BCUT2D eigenvalue weighted by molar-refractivity contribution is 5.80. The van der Waals surface area contributed by atoms with E-state index in [1.165, 1.54) is 50.9 Å². The molecule has 0 saturated carbocycles. The van der Waals surface area contributed by atoms with E-state index in [1.807, 2.05) is 12.3 Å². The number of nitrogens with one attached hydrogen (secondary N) is 2. The van der Waals surface area contributed by atoms with E-state index in [1.54, 1.807) is 0 Å². The SMILES string of the molecule is CCCCN1CCC(NC(=NCc2ncccc2C)NCC)CC1. The van der Waals surface area contributed by atoms with Gasteiger partial charge in [0.15, 0.2) is 5.96 Å². The second kappa shape index (κ2) is 10.3. The van der Waals surface area contributed by atoms with E-state index in [2.05, 4.69) is 47.4 Å². The summed E-state index contributed by atoms with van der Waals surface area (Å²) in [5, 5.41) is 6.97. The Balaban J connectivity index is 1.85. The standard InChI is InChI=1S/C19H33N5/c1-4-6-12-24-13-9-17(10-14-24)23-19(20-5-2)22-15-18-16(3)8-7-11-21-18/h7-8,11,17H,4-6,9-10,12-15H2,1-3H3,(H2,20,22,23). The topological polar surface area (TPSA) is 52.5 Å². The quantitative estimate of drug-likeness (QED) is 0.596. The maximum Gasteiger partial charge on any atom is 0.191 e. The summed E-state index contributed by atoms with van der Waals surface area (Å²) in [6, 6.07) is 4.58. The van der Waals surface area contributed by atoms with Gasteiger partial charge in [-0.15, -0.1) is 0 Å². The van der Waals surface area contributed by atoms with Crippen LogP contribution in [0.15, 0.2) is 23.3 Å². The summed E-state index contributed by atoms with van der Waals surface area (Å²) in [6.07, 6.45) is 6.81. The lowest BCUT2D eigenvalue weighted by Crippen LogP contribution is -2.48. The minimum atomic E-state index is 0.519. The molecule has 5 heteroatoms. The van der Waals surface area contributed by atoms with Gasteiger partial charge in [-0.25, -0.2) is 4.99 Å². The van der Waals surface area contributed by atoms with Gasteiger partial charge in [0.25, 0.3) is 0 Å². The predicted octanol–water partition coefficient (Wildman–Crippen LogP) is 2.71. The highest BCUT2D eigenvalue weighted by Crippen LogP contribution is 2.11. The summed E-state index contributed by atoms with van der Waals surface area (Å²) in [5.74, 6) is 0.912. The Morgan fingerprint density at radius 3 is 2.79 bits per heavy atom. The van der Waals surface area contributed by atoms with Crippen LogP contribution in [0.5, 0.6) is 0 Å². The first-order valence-corrected chi connectivity index (χ1v) is 9.40. The number of aryl methyl sites for hydroxylation is 1. The lowest BCUT2D eigenvalue weighted by Gasteiger charge is -2.33. The van der Waals surface area contributed by atoms with Crippen molar-refractivity contribution in [3.8, 4) is 0 Å². The van der Waals surface area contributed by atoms with Gasteiger partial charge in [0, 0.05) is 31.9 Å². The Morgan fingerprint density at radius 2 is 2.12 bits per heavy atom. The Labute approximate surface area is 147 Å². The normalized spacial score (nSPS) is 17.0. The molecule has 0 spiro atoms. The zero-order valence-corrected chi connectivity index (χ0v) is 15.5. The van der Waals surface area contributed by atoms with Gasteiger partial charge >= 0.3 is 0 Å². The molecule has 1 aliphatic rings. The number of hydrogen-bond acceptors (Lipinski definition) is 3. The number of aliphatic imine (C=N–C) groups is 1. The van der Waals surface area contributed by atoms with Gasteiger partial charge in [-0.05, 0) is 51.3 Å². The van der Waals surface area contributed by atoms with E-state index in [0.29, 0.717) is 12.6 Å². The van der Waals surface area contributed by atoms with Crippen molar-refractivity contribution in [1.82, 2.24) is 20.5 Å². The number of piperidine rings is 1. The molecular formula is C19H33N5. The monoisotopic (exact) mass is 331 g/mol. The Kier molecular flexibility index (Phi) is 8.02. The third kappa shape index (κ3) is 6.11. The molecule has 1 fully saturated rings. The molecule has 5 nitrogen and oxygen atoms in total. The number of pyridine rings is 1. The van der Waals surface area contributed by atoms with Gasteiger partial charge in [-0.2, -0.15) is 0 Å². The number of aromatic nitrogens is 1. The maximum atomic E-state index is 4.73. The number of hydrogen-bond donors (Lipinski definition) is 2. The van der Waals surface area contributed by atoms with Gasteiger partial charge in [-0.1, -0.05) is 19.4 Å². The van der Waals surface area contributed by atoms with Crippen LogP contribution >= 0.6 is 0 Å². The van der Waals surface area contributed by atoms with E-state index in [0.717, 1.165) is 18.2 Å². The minimum Gasteiger partial charge on any atom is -0.357 e. The predicted molar refractivity (Wildman–Crippen MR) is 101 cm³/mol. The van der Waals surface area contributed by atoms with Crippen molar-refractivity contribution in [2.24, 2.45) is 4.99 Å². The molecule has 0 atom stereocenters. The molecule has 2 heterocycles. The van der Waals surface area contributed by atoms with Crippen LogP contribution in [-0.2, 0) is 6.54 Å². The Morgan fingerprint density at radius 1 is 1.33 bits per heavy atom. The third-order valence-electron chi connectivity index (χ3n) is 4.61. The summed E-state index contributed by atoms with van der Waals surface area (Å²) in [6.45, 7) is 11.6. The summed E-state index contributed by atoms with van der Waals surface area (Å²) in [4.78, 5) is 11.7. The van der Waals surface area contributed by atoms with E-state index in [-0.39, 0.29) is 0 Å². The Bertz CT molecular complexity index is 506.